The highest BCUT2D eigenvalue weighted by atomic mass is 16.5. The van der Waals surface area contributed by atoms with Gasteiger partial charge in [-0.15, -0.1) is 0 Å². The van der Waals surface area contributed by atoms with Crippen molar-refractivity contribution in [3.05, 3.63) is 17.5 Å². The van der Waals surface area contributed by atoms with E-state index in [0.29, 0.717) is 24.1 Å². The Kier molecular flexibility index (Phi) is 5.89. The van der Waals surface area contributed by atoms with Gasteiger partial charge in [0.15, 0.2) is 5.69 Å². The second-order valence-corrected chi connectivity index (χ2v) is 5.03. The number of carbonyl (C=O) groups excluding carboxylic acids is 1. The van der Waals surface area contributed by atoms with Gasteiger partial charge in [-0.05, 0) is 18.3 Å². The van der Waals surface area contributed by atoms with Crippen LogP contribution in [0.1, 0.15) is 56.8 Å². The monoisotopic (exact) mass is 252 g/mol. The van der Waals surface area contributed by atoms with E-state index < -0.39 is 0 Å². The first-order valence-corrected chi connectivity index (χ1v) is 6.82. The van der Waals surface area contributed by atoms with Crippen LogP contribution in [-0.2, 0) is 6.42 Å². The molecule has 1 aromatic rings. The maximum atomic E-state index is 11.9. The van der Waals surface area contributed by atoms with Crippen LogP contribution in [0.5, 0.6) is 0 Å². The molecule has 1 heterocycles. The standard InChI is InChI=1S/C14H24N2O2/c1-5-7-11(10(3)4)9-15-14(17)13-8-12(6-2)18-16-13/h8,10-11H,5-7,9H2,1-4H3,(H,15,17). The van der Waals surface area contributed by atoms with Gasteiger partial charge in [-0.25, -0.2) is 0 Å². The lowest BCUT2D eigenvalue weighted by Crippen LogP contribution is -2.31. The van der Waals surface area contributed by atoms with Crippen molar-refractivity contribution < 1.29 is 9.32 Å². The number of amides is 1. The molecule has 0 bridgehead atoms. The van der Waals surface area contributed by atoms with Crippen LogP contribution in [0, 0.1) is 11.8 Å². The Labute approximate surface area is 109 Å². The lowest BCUT2D eigenvalue weighted by atomic mass is 9.91. The fourth-order valence-electron chi connectivity index (χ4n) is 1.94. The number of rotatable bonds is 7. The Morgan fingerprint density at radius 1 is 1.44 bits per heavy atom. The maximum absolute atomic E-state index is 11.9. The predicted octanol–water partition coefficient (Wildman–Crippen LogP) is 3.04. The van der Waals surface area contributed by atoms with Crippen molar-refractivity contribution in [2.45, 2.75) is 47.0 Å². The number of aryl methyl sites for hydroxylation is 1. The molecule has 4 heteroatoms. The number of aromatic nitrogens is 1. The van der Waals surface area contributed by atoms with Crippen LogP contribution >= 0.6 is 0 Å². The molecule has 0 saturated heterocycles. The molecule has 0 fully saturated rings. The largest absolute Gasteiger partial charge is 0.361 e. The number of carbonyl (C=O) groups is 1. The first-order valence-electron chi connectivity index (χ1n) is 6.82. The van der Waals surface area contributed by atoms with E-state index in [2.05, 4.69) is 31.2 Å². The first-order chi connectivity index (χ1) is 8.58. The summed E-state index contributed by atoms with van der Waals surface area (Å²) in [7, 11) is 0. The Morgan fingerprint density at radius 2 is 2.17 bits per heavy atom. The fraction of sp³-hybridized carbons (Fsp3) is 0.714. The molecule has 0 radical (unpaired) electrons. The topological polar surface area (TPSA) is 55.1 Å². The van der Waals surface area contributed by atoms with Crippen LogP contribution in [0.3, 0.4) is 0 Å². The molecule has 1 atom stereocenters. The second-order valence-electron chi connectivity index (χ2n) is 5.03. The summed E-state index contributed by atoms with van der Waals surface area (Å²) in [6.45, 7) is 9.23. The van der Waals surface area contributed by atoms with Crippen molar-refractivity contribution >= 4 is 5.91 Å². The number of hydrogen-bond donors (Lipinski definition) is 1. The predicted molar refractivity (Wildman–Crippen MR) is 71.5 cm³/mol. The first kappa shape index (κ1) is 14.7. The summed E-state index contributed by atoms with van der Waals surface area (Å²) in [6, 6.07) is 1.71. The quantitative estimate of drug-likeness (QED) is 0.811. The van der Waals surface area contributed by atoms with Crippen LogP contribution in [0.4, 0.5) is 0 Å². The zero-order valence-corrected chi connectivity index (χ0v) is 11.8. The van der Waals surface area contributed by atoms with Gasteiger partial charge < -0.3 is 9.84 Å². The fourth-order valence-corrected chi connectivity index (χ4v) is 1.94. The van der Waals surface area contributed by atoms with Crippen molar-refractivity contribution in [1.29, 1.82) is 0 Å². The SMILES string of the molecule is CCCC(CNC(=O)c1cc(CC)on1)C(C)C. The van der Waals surface area contributed by atoms with Gasteiger partial charge in [0.25, 0.3) is 5.91 Å². The van der Waals surface area contributed by atoms with Crippen molar-refractivity contribution in [2.24, 2.45) is 11.8 Å². The minimum absolute atomic E-state index is 0.139. The summed E-state index contributed by atoms with van der Waals surface area (Å²) in [5, 5.41) is 6.71. The highest BCUT2D eigenvalue weighted by Gasteiger charge is 2.16. The molecule has 1 amide bonds. The molecule has 1 aromatic heterocycles. The summed E-state index contributed by atoms with van der Waals surface area (Å²) < 4.78 is 5.03. The Hall–Kier alpha value is -1.32. The molecule has 0 aliphatic heterocycles. The molecule has 4 nitrogen and oxygen atoms in total. The zero-order valence-electron chi connectivity index (χ0n) is 11.8. The maximum Gasteiger partial charge on any atom is 0.273 e. The van der Waals surface area contributed by atoms with Crippen LogP contribution < -0.4 is 5.32 Å². The number of hydrogen-bond acceptors (Lipinski definition) is 3. The minimum atomic E-state index is -0.139. The Bertz CT molecular complexity index is 372. The molecule has 0 spiro atoms. The Morgan fingerprint density at radius 3 is 2.67 bits per heavy atom. The van der Waals surface area contributed by atoms with Crippen LogP contribution in [0.2, 0.25) is 0 Å². The molecule has 18 heavy (non-hydrogen) atoms. The average Bonchev–Trinajstić information content (AvgIpc) is 2.82. The summed E-state index contributed by atoms with van der Waals surface area (Å²) >= 11 is 0. The number of nitrogens with zero attached hydrogens (tertiary/aromatic N) is 1. The molecule has 1 unspecified atom stereocenters. The molecule has 1 N–H and O–H groups in total. The van der Waals surface area contributed by atoms with E-state index >= 15 is 0 Å². The van der Waals surface area contributed by atoms with Crippen molar-refractivity contribution in [1.82, 2.24) is 10.5 Å². The summed E-state index contributed by atoms with van der Waals surface area (Å²) in [5.41, 5.74) is 0.380. The molecule has 0 aromatic carbocycles. The summed E-state index contributed by atoms with van der Waals surface area (Å²) in [5.74, 6) is 1.71. The van der Waals surface area contributed by atoms with Crippen LogP contribution in [-0.4, -0.2) is 17.6 Å². The molecule has 0 aliphatic carbocycles. The van der Waals surface area contributed by atoms with Gasteiger partial charge in [-0.3, -0.25) is 4.79 Å². The van der Waals surface area contributed by atoms with E-state index in [9.17, 15) is 4.79 Å². The zero-order chi connectivity index (χ0) is 13.5. The van der Waals surface area contributed by atoms with Gasteiger partial charge in [-0.1, -0.05) is 39.3 Å². The van der Waals surface area contributed by atoms with E-state index in [-0.39, 0.29) is 5.91 Å². The molecule has 0 saturated carbocycles. The lowest BCUT2D eigenvalue weighted by Gasteiger charge is -2.20. The normalized spacial score (nSPS) is 12.7. The molecular weight excluding hydrogens is 228 g/mol. The van der Waals surface area contributed by atoms with Crippen molar-refractivity contribution in [3.63, 3.8) is 0 Å². The second kappa shape index (κ2) is 7.19. The van der Waals surface area contributed by atoms with Gasteiger partial charge in [0.1, 0.15) is 5.76 Å². The third-order valence-electron chi connectivity index (χ3n) is 3.27. The highest BCUT2D eigenvalue weighted by molar-refractivity contribution is 5.92. The van der Waals surface area contributed by atoms with Gasteiger partial charge in [0, 0.05) is 19.0 Å². The molecule has 102 valence electrons. The Balaban J connectivity index is 2.49. The van der Waals surface area contributed by atoms with Crippen LogP contribution in [0.15, 0.2) is 10.6 Å². The van der Waals surface area contributed by atoms with Gasteiger partial charge in [0.05, 0.1) is 0 Å². The highest BCUT2D eigenvalue weighted by Crippen LogP contribution is 2.16. The molecular formula is C14H24N2O2. The van der Waals surface area contributed by atoms with E-state index in [0.717, 1.165) is 25.0 Å². The van der Waals surface area contributed by atoms with Gasteiger partial charge in [0.2, 0.25) is 0 Å². The van der Waals surface area contributed by atoms with Crippen molar-refractivity contribution in [3.8, 4) is 0 Å². The van der Waals surface area contributed by atoms with E-state index in [1.54, 1.807) is 6.07 Å². The van der Waals surface area contributed by atoms with Gasteiger partial charge in [-0.2, -0.15) is 0 Å². The molecule has 1 rings (SSSR count). The summed E-state index contributed by atoms with van der Waals surface area (Å²) in [4.78, 5) is 11.9. The van der Waals surface area contributed by atoms with Crippen LogP contribution in [0.25, 0.3) is 0 Å². The average molecular weight is 252 g/mol. The third-order valence-corrected chi connectivity index (χ3v) is 3.27. The minimum Gasteiger partial charge on any atom is -0.361 e. The van der Waals surface area contributed by atoms with Crippen molar-refractivity contribution in [2.75, 3.05) is 6.54 Å². The van der Waals surface area contributed by atoms with E-state index in [1.807, 2.05) is 6.92 Å². The number of nitrogens with one attached hydrogen (secondary N) is 1. The lowest BCUT2D eigenvalue weighted by molar-refractivity contribution is 0.0933. The van der Waals surface area contributed by atoms with E-state index in [4.69, 9.17) is 4.52 Å². The molecule has 0 aliphatic rings. The summed E-state index contributed by atoms with van der Waals surface area (Å²) in [6.07, 6.45) is 3.03. The van der Waals surface area contributed by atoms with E-state index in [1.165, 1.54) is 0 Å². The third kappa shape index (κ3) is 4.17. The smallest absolute Gasteiger partial charge is 0.273 e. The van der Waals surface area contributed by atoms with Gasteiger partial charge >= 0.3 is 0 Å².